The van der Waals surface area contributed by atoms with E-state index < -0.39 is 0 Å². The number of amidine groups is 1. The third-order valence-corrected chi connectivity index (χ3v) is 3.43. The number of amides is 2. The predicted octanol–water partition coefficient (Wildman–Crippen LogP) is 2.12. The van der Waals surface area contributed by atoms with Gasteiger partial charge in [0.2, 0.25) is 0 Å². The third-order valence-electron chi connectivity index (χ3n) is 3.43. The molecule has 1 atom stereocenters. The van der Waals surface area contributed by atoms with Crippen molar-refractivity contribution in [1.29, 1.82) is 5.41 Å². The van der Waals surface area contributed by atoms with Crippen LogP contribution in [0.4, 0.5) is 4.79 Å². The molecule has 1 aliphatic rings. The average molecular weight is 268 g/mol. The number of hydrogen-bond acceptors (Lipinski definition) is 2. The van der Waals surface area contributed by atoms with E-state index >= 15 is 0 Å². The molecular formula is C14H28N4O. The number of hydrogen-bond donors (Lipinski definition) is 2. The summed E-state index contributed by atoms with van der Waals surface area (Å²) in [7, 11) is 0. The lowest BCUT2D eigenvalue weighted by atomic mass is 10.0. The first-order chi connectivity index (χ1) is 8.90. The monoisotopic (exact) mass is 268 g/mol. The Bertz CT molecular complexity index is 317. The summed E-state index contributed by atoms with van der Waals surface area (Å²) in [5, 5.41) is 7.31. The highest BCUT2D eigenvalue weighted by Crippen LogP contribution is 2.17. The summed E-state index contributed by atoms with van der Waals surface area (Å²) in [5.41, 5.74) is 5.40. The summed E-state index contributed by atoms with van der Waals surface area (Å²) in [6, 6.07) is 0.113. The summed E-state index contributed by atoms with van der Waals surface area (Å²) < 4.78 is 0. The van der Waals surface area contributed by atoms with E-state index in [1.807, 2.05) is 9.80 Å². The van der Waals surface area contributed by atoms with Gasteiger partial charge in [-0.3, -0.25) is 5.41 Å². The molecule has 3 N–H and O–H groups in total. The molecule has 0 bridgehead atoms. The number of nitrogens with two attached hydrogens (primary N) is 1. The smallest absolute Gasteiger partial charge is 0.320 e. The largest absolute Gasteiger partial charge is 0.388 e. The van der Waals surface area contributed by atoms with Crippen LogP contribution in [0, 0.1) is 17.2 Å². The maximum Gasteiger partial charge on any atom is 0.320 e. The van der Waals surface area contributed by atoms with E-state index in [1.165, 1.54) is 6.42 Å². The zero-order chi connectivity index (χ0) is 14.4. The van der Waals surface area contributed by atoms with Gasteiger partial charge >= 0.3 is 6.03 Å². The van der Waals surface area contributed by atoms with Crippen molar-refractivity contribution in [3.63, 3.8) is 0 Å². The Hall–Kier alpha value is -1.26. The molecule has 5 nitrogen and oxygen atoms in total. The van der Waals surface area contributed by atoms with Crippen molar-refractivity contribution >= 4 is 11.9 Å². The fourth-order valence-electron chi connectivity index (χ4n) is 2.52. The minimum Gasteiger partial charge on any atom is -0.388 e. The topological polar surface area (TPSA) is 73.4 Å². The first-order valence-corrected chi connectivity index (χ1v) is 7.27. The fourth-order valence-corrected chi connectivity index (χ4v) is 2.52. The lowest BCUT2D eigenvalue weighted by molar-refractivity contribution is 0.127. The van der Waals surface area contributed by atoms with Gasteiger partial charge in [-0.2, -0.15) is 0 Å². The van der Waals surface area contributed by atoms with Gasteiger partial charge in [-0.05, 0) is 24.7 Å². The Morgan fingerprint density at radius 3 is 2.74 bits per heavy atom. The van der Waals surface area contributed by atoms with Crippen molar-refractivity contribution in [3.05, 3.63) is 0 Å². The molecule has 1 unspecified atom stereocenters. The molecule has 19 heavy (non-hydrogen) atoms. The van der Waals surface area contributed by atoms with Crippen LogP contribution in [0.15, 0.2) is 0 Å². The number of urea groups is 1. The van der Waals surface area contributed by atoms with Gasteiger partial charge in [0.1, 0.15) is 0 Å². The molecule has 2 amide bonds. The van der Waals surface area contributed by atoms with Crippen molar-refractivity contribution in [2.45, 2.75) is 40.0 Å². The van der Waals surface area contributed by atoms with Crippen LogP contribution in [0.2, 0.25) is 0 Å². The molecule has 0 aromatic heterocycles. The van der Waals surface area contributed by atoms with Gasteiger partial charge in [0, 0.05) is 32.6 Å². The SMILES string of the molecule is CC(C)CN(CCC(=N)N)C(=O)N1CCCC(C)C1. The molecule has 1 saturated heterocycles. The highest BCUT2D eigenvalue weighted by Gasteiger charge is 2.25. The summed E-state index contributed by atoms with van der Waals surface area (Å²) in [5.74, 6) is 1.16. The van der Waals surface area contributed by atoms with Gasteiger partial charge in [0.05, 0.1) is 5.84 Å². The minimum absolute atomic E-state index is 0.113. The lowest BCUT2D eigenvalue weighted by Crippen LogP contribution is -2.49. The summed E-state index contributed by atoms with van der Waals surface area (Å²) in [4.78, 5) is 16.3. The lowest BCUT2D eigenvalue weighted by Gasteiger charge is -2.36. The highest BCUT2D eigenvalue weighted by atomic mass is 16.2. The van der Waals surface area contributed by atoms with Gasteiger partial charge in [0.15, 0.2) is 0 Å². The zero-order valence-corrected chi connectivity index (χ0v) is 12.5. The Labute approximate surface area is 116 Å². The number of nitrogens with zero attached hydrogens (tertiary/aromatic N) is 2. The Kier molecular flexibility index (Phi) is 6.12. The Balaban J connectivity index is 2.61. The second-order valence-corrected chi connectivity index (χ2v) is 6.09. The summed E-state index contributed by atoms with van der Waals surface area (Å²) in [6.45, 7) is 9.40. The molecule has 0 aromatic carbocycles. The molecule has 0 aromatic rings. The fraction of sp³-hybridized carbons (Fsp3) is 0.857. The van der Waals surface area contributed by atoms with E-state index in [9.17, 15) is 4.79 Å². The van der Waals surface area contributed by atoms with Crippen LogP contribution >= 0.6 is 0 Å². The molecule has 0 saturated carbocycles. The second-order valence-electron chi connectivity index (χ2n) is 6.09. The van der Waals surface area contributed by atoms with Gasteiger partial charge in [-0.25, -0.2) is 4.79 Å². The molecule has 0 aliphatic carbocycles. The van der Waals surface area contributed by atoms with Gasteiger partial charge < -0.3 is 15.5 Å². The molecule has 1 aliphatic heterocycles. The third kappa shape index (κ3) is 5.49. The number of rotatable bonds is 5. The number of nitrogens with one attached hydrogen (secondary N) is 1. The van der Waals surface area contributed by atoms with E-state index in [1.54, 1.807) is 0 Å². The van der Waals surface area contributed by atoms with E-state index in [0.29, 0.717) is 24.8 Å². The van der Waals surface area contributed by atoms with Crippen LogP contribution < -0.4 is 5.73 Å². The normalized spacial score (nSPS) is 19.6. The Morgan fingerprint density at radius 2 is 2.21 bits per heavy atom. The molecule has 0 spiro atoms. The molecule has 1 fully saturated rings. The van der Waals surface area contributed by atoms with Gasteiger partial charge in [0.25, 0.3) is 0 Å². The van der Waals surface area contributed by atoms with Crippen LogP contribution in [-0.4, -0.2) is 47.8 Å². The minimum atomic E-state index is 0.113. The molecule has 1 rings (SSSR count). The Morgan fingerprint density at radius 1 is 1.53 bits per heavy atom. The predicted molar refractivity (Wildman–Crippen MR) is 78.3 cm³/mol. The van der Waals surface area contributed by atoms with Crippen molar-refractivity contribution < 1.29 is 4.79 Å². The number of piperidine rings is 1. The van der Waals surface area contributed by atoms with Crippen molar-refractivity contribution in [3.8, 4) is 0 Å². The van der Waals surface area contributed by atoms with Crippen LogP contribution in [-0.2, 0) is 0 Å². The molecule has 110 valence electrons. The highest BCUT2D eigenvalue weighted by molar-refractivity contribution is 5.79. The van der Waals surface area contributed by atoms with Crippen LogP contribution in [0.3, 0.4) is 0 Å². The van der Waals surface area contributed by atoms with E-state index in [4.69, 9.17) is 11.1 Å². The standard InChI is InChI=1S/C14H28N4O/c1-11(2)9-18(8-6-13(15)16)14(19)17-7-4-5-12(3)10-17/h11-12H,4-10H2,1-3H3,(H3,15,16). The molecular weight excluding hydrogens is 240 g/mol. The van der Waals surface area contributed by atoms with Crippen LogP contribution in [0.5, 0.6) is 0 Å². The van der Waals surface area contributed by atoms with E-state index in [2.05, 4.69) is 20.8 Å². The number of carbonyl (C=O) groups is 1. The van der Waals surface area contributed by atoms with Gasteiger partial charge in [-0.15, -0.1) is 0 Å². The van der Waals surface area contributed by atoms with Crippen molar-refractivity contribution in [2.24, 2.45) is 17.6 Å². The average Bonchev–Trinajstić information content (AvgIpc) is 2.33. The van der Waals surface area contributed by atoms with Gasteiger partial charge in [-0.1, -0.05) is 20.8 Å². The maximum absolute atomic E-state index is 12.5. The number of likely N-dealkylation sites (tertiary alicyclic amines) is 1. The zero-order valence-electron chi connectivity index (χ0n) is 12.5. The van der Waals surface area contributed by atoms with E-state index in [0.717, 1.165) is 26.1 Å². The first kappa shape index (κ1) is 15.8. The van der Waals surface area contributed by atoms with Crippen molar-refractivity contribution in [2.75, 3.05) is 26.2 Å². The molecule has 5 heteroatoms. The summed E-state index contributed by atoms with van der Waals surface area (Å²) >= 11 is 0. The van der Waals surface area contributed by atoms with Crippen LogP contribution in [0.25, 0.3) is 0 Å². The summed E-state index contributed by atoms with van der Waals surface area (Å²) in [6.07, 6.45) is 2.76. The molecule has 1 heterocycles. The van der Waals surface area contributed by atoms with E-state index in [-0.39, 0.29) is 11.9 Å². The number of carbonyl (C=O) groups excluding carboxylic acids is 1. The van der Waals surface area contributed by atoms with Crippen molar-refractivity contribution in [1.82, 2.24) is 9.80 Å². The van der Waals surface area contributed by atoms with Crippen LogP contribution in [0.1, 0.15) is 40.0 Å². The molecule has 0 radical (unpaired) electrons. The quantitative estimate of drug-likeness (QED) is 0.592. The second kappa shape index (κ2) is 7.36. The first-order valence-electron chi connectivity index (χ1n) is 7.27. The maximum atomic E-state index is 12.5.